The highest BCUT2D eigenvalue weighted by atomic mass is 16.2. The molecule has 5 nitrogen and oxygen atoms in total. The maximum absolute atomic E-state index is 13.4. The Morgan fingerprint density at radius 3 is 2.52 bits per heavy atom. The summed E-state index contributed by atoms with van der Waals surface area (Å²) in [6, 6.07) is 25.5. The standard InChI is InChI=1S/C28H27N3O2/c1-18(20-10-4-3-5-11-20)30-25(32)16-17-31-27(21-12-6-7-13-22(21)28(31)33)26-19(2)29-24-15-9-8-14-23(24)26/h3-15,18,27,29H,16-17H2,1-2H3,(H,30,32). The van der Waals surface area contributed by atoms with Crippen LogP contribution in [0.2, 0.25) is 0 Å². The van der Waals surface area contributed by atoms with Gasteiger partial charge in [0.05, 0.1) is 12.1 Å². The third-order valence-corrected chi connectivity index (χ3v) is 6.53. The number of nitrogens with one attached hydrogen (secondary N) is 2. The van der Waals surface area contributed by atoms with Crippen LogP contribution in [-0.4, -0.2) is 28.2 Å². The lowest BCUT2D eigenvalue weighted by molar-refractivity contribution is -0.122. The first-order valence-electron chi connectivity index (χ1n) is 11.4. The number of H-pyrrole nitrogens is 1. The molecule has 33 heavy (non-hydrogen) atoms. The summed E-state index contributed by atoms with van der Waals surface area (Å²) in [6.07, 6.45) is 0.245. The van der Waals surface area contributed by atoms with Crippen molar-refractivity contribution in [2.75, 3.05) is 6.54 Å². The predicted molar refractivity (Wildman–Crippen MR) is 130 cm³/mol. The van der Waals surface area contributed by atoms with Gasteiger partial charge in [0, 0.05) is 40.7 Å². The Morgan fingerprint density at radius 1 is 1.00 bits per heavy atom. The Morgan fingerprint density at radius 2 is 1.70 bits per heavy atom. The van der Waals surface area contributed by atoms with E-state index in [1.807, 2.05) is 85.5 Å². The van der Waals surface area contributed by atoms with Crippen LogP contribution in [0.4, 0.5) is 0 Å². The fourth-order valence-electron chi connectivity index (χ4n) is 4.92. The second kappa shape index (κ2) is 8.58. The van der Waals surface area contributed by atoms with Crippen LogP contribution < -0.4 is 5.32 Å². The van der Waals surface area contributed by atoms with Crippen molar-refractivity contribution in [2.24, 2.45) is 0 Å². The van der Waals surface area contributed by atoms with Crippen LogP contribution in [0.5, 0.6) is 0 Å². The SMILES string of the molecule is Cc1[nH]c2ccccc2c1C1c2ccccc2C(=O)N1CCC(=O)NC(C)c1ccccc1. The van der Waals surface area contributed by atoms with Crippen molar-refractivity contribution in [3.8, 4) is 0 Å². The quantitative estimate of drug-likeness (QED) is 0.431. The number of amides is 2. The van der Waals surface area contributed by atoms with E-state index in [2.05, 4.69) is 22.4 Å². The summed E-state index contributed by atoms with van der Waals surface area (Å²) in [4.78, 5) is 31.5. The first-order chi connectivity index (χ1) is 16.0. The van der Waals surface area contributed by atoms with Gasteiger partial charge in [-0.25, -0.2) is 0 Å². The van der Waals surface area contributed by atoms with Crippen LogP contribution in [0, 0.1) is 6.92 Å². The average Bonchev–Trinajstić information content (AvgIpc) is 3.31. The number of nitrogens with zero attached hydrogens (tertiary/aromatic N) is 1. The molecule has 0 saturated carbocycles. The molecular formula is C28H27N3O2. The van der Waals surface area contributed by atoms with E-state index in [0.29, 0.717) is 12.1 Å². The van der Waals surface area contributed by atoms with Gasteiger partial charge in [-0.05, 0) is 37.1 Å². The molecule has 5 rings (SSSR count). The van der Waals surface area contributed by atoms with E-state index in [-0.39, 0.29) is 30.3 Å². The van der Waals surface area contributed by atoms with Gasteiger partial charge in [-0.3, -0.25) is 9.59 Å². The molecule has 0 saturated heterocycles. The Bertz CT molecular complexity index is 1330. The number of hydrogen-bond donors (Lipinski definition) is 2. The van der Waals surface area contributed by atoms with Gasteiger partial charge in [0.1, 0.15) is 0 Å². The first kappa shape index (κ1) is 21.0. The van der Waals surface area contributed by atoms with Gasteiger partial charge in [-0.2, -0.15) is 0 Å². The number of rotatable bonds is 6. The summed E-state index contributed by atoms with van der Waals surface area (Å²) >= 11 is 0. The Balaban J connectivity index is 1.42. The number of carbonyl (C=O) groups is 2. The van der Waals surface area contributed by atoms with Crippen molar-refractivity contribution >= 4 is 22.7 Å². The van der Waals surface area contributed by atoms with Gasteiger partial charge >= 0.3 is 0 Å². The molecule has 0 bridgehead atoms. The van der Waals surface area contributed by atoms with E-state index in [9.17, 15) is 9.59 Å². The lowest BCUT2D eigenvalue weighted by Gasteiger charge is -2.26. The van der Waals surface area contributed by atoms with E-state index in [0.717, 1.165) is 33.3 Å². The molecule has 3 aromatic carbocycles. The fourth-order valence-corrected chi connectivity index (χ4v) is 4.92. The van der Waals surface area contributed by atoms with E-state index in [4.69, 9.17) is 0 Å². The zero-order valence-electron chi connectivity index (χ0n) is 18.8. The molecule has 0 fully saturated rings. The molecule has 1 aliphatic heterocycles. The van der Waals surface area contributed by atoms with Crippen LogP contribution in [0.15, 0.2) is 78.9 Å². The summed E-state index contributed by atoms with van der Waals surface area (Å²) in [5.41, 5.74) is 5.96. The van der Waals surface area contributed by atoms with Crippen molar-refractivity contribution in [3.05, 3.63) is 107 Å². The number of carbonyl (C=O) groups excluding carboxylic acids is 2. The highest BCUT2D eigenvalue weighted by Crippen LogP contribution is 2.42. The lowest BCUT2D eigenvalue weighted by atomic mass is 9.95. The van der Waals surface area contributed by atoms with Gasteiger partial charge < -0.3 is 15.2 Å². The average molecular weight is 438 g/mol. The largest absolute Gasteiger partial charge is 0.358 e. The Kier molecular flexibility index (Phi) is 5.47. The molecule has 2 unspecified atom stereocenters. The van der Waals surface area contributed by atoms with E-state index < -0.39 is 0 Å². The van der Waals surface area contributed by atoms with Crippen LogP contribution in [0.25, 0.3) is 10.9 Å². The topological polar surface area (TPSA) is 65.2 Å². The molecule has 2 amide bonds. The third kappa shape index (κ3) is 3.80. The molecule has 0 radical (unpaired) electrons. The van der Waals surface area contributed by atoms with Gasteiger partial charge in [0.15, 0.2) is 0 Å². The molecule has 2 atom stereocenters. The molecule has 166 valence electrons. The number of para-hydroxylation sites is 1. The summed E-state index contributed by atoms with van der Waals surface area (Å²) < 4.78 is 0. The van der Waals surface area contributed by atoms with Gasteiger partial charge in [-0.1, -0.05) is 66.7 Å². The summed E-state index contributed by atoms with van der Waals surface area (Å²) in [5.74, 6) is -0.0892. The zero-order chi connectivity index (χ0) is 22.9. The summed E-state index contributed by atoms with van der Waals surface area (Å²) in [6.45, 7) is 4.37. The summed E-state index contributed by atoms with van der Waals surface area (Å²) in [7, 11) is 0. The van der Waals surface area contributed by atoms with Crippen LogP contribution in [-0.2, 0) is 4.79 Å². The van der Waals surface area contributed by atoms with Crippen molar-refractivity contribution in [1.29, 1.82) is 0 Å². The minimum atomic E-state index is -0.218. The Hall–Kier alpha value is -3.86. The van der Waals surface area contributed by atoms with Crippen molar-refractivity contribution in [2.45, 2.75) is 32.4 Å². The first-order valence-corrected chi connectivity index (χ1v) is 11.4. The van der Waals surface area contributed by atoms with Crippen LogP contribution in [0.1, 0.15) is 58.2 Å². The lowest BCUT2D eigenvalue weighted by Crippen LogP contribution is -2.34. The molecule has 2 N–H and O–H groups in total. The van der Waals surface area contributed by atoms with Gasteiger partial charge in [0.25, 0.3) is 5.91 Å². The fraction of sp³-hybridized carbons (Fsp3) is 0.214. The molecule has 4 aromatic rings. The molecule has 1 aliphatic rings. The minimum Gasteiger partial charge on any atom is -0.358 e. The number of hydrogen-bond acceptors (Lipinski definition) is 2. The number of aromatic nitrogens is 1. The number of aromatic amines is 1. The predicted octanol–water partition coefficient (Wildman–Crippen LogP) is 5.29. The van der Waals surface area contributed by atoms with Crippen LogP contribution >= 0.6 is 0 Å². The number of fused-ring (bicyclic) bond motifs is 2. The highest BCUT2D eigenvalue weighted by Gasteiger charge is 2.39. The molecule has 2 heterocycles. The molecule has 0 spiro atoms. The number of benzene rings is 3. The maximum atomic E-state index is 13.4. The van der Waals surface area contributed by atoms with E-state index in [1.54, 1.807) is 0 Å². The van der Waals surface area contributed by atoms with Gasteiger partial charge in [-0.15, -0.1) is 0 Å². The molecular weight excluding hydrogens is 410 g/mol. The maximum Gasteiger partial charge on any atom is 0.255 e. The Labute approximate surface area is 193 Å². The molecule has 5 heteroatoms. The monoisotopic (exact) mass is 437 g/mol. The van der Waals surface area contributed by atoms with E-state index in [1.165, 1.54) is 0 Å². The second-order valence-corrected chi connectivity index (χ2v) is 8.65. The van der Waals surface area contributed by atoms with E-state index >= 15 is 0 Å². The van der Waals surface area contributed by atoms with Crippen molar-refractivity contribution in [3.63, 3.8) is 0 Å². The minimum absolute atomic E-state index is 0.0239. The van der Waals surface area contributed by atoms with Crippen LogP contribution in [0.3, 0.4) is 0 Å². The number of aryl methyl sites for hydroxylation is 1. The highest BCUT2D eigenvalue weighted by molar-refractivity contribution is 6.01. The molecule has 1 aromatic heterocycles. The second-order valence-electron chi connectivity index (χ2n) is 8.65. The van der Waals surface area contributed by atoms with Crippen molar-refractivity contribution in [1.82, 2.24) is 15.2 Å². The zero-order valence-corrected chi connectivity index (χ0v) is 18.8. The summed E-state index contributed by atoms with van der Waals surface area (Å²) in [5, 5.41) is 4.17. The van der Waals surface area contributed by atoms with Crippen molar-refractivity contribution < 1.29 is 9.59 Å². The van der Waals surface area contributed by atoms with Gasteiger partial charge in [0.2, 0.25) is 5.91 Å². The smallest absolute Gasteiger partial charge is 0.255 e. The third-order valence-electron chi connectivity index (χ3n) is 6.53. The molecule has 0 aliphatic carbocycles. The normalized spacial score (nSPS) is 16.1.